The van der Waals surface area contributed by atoms with Crippen LogP contribution < -0.4 is 0 Å². The first-order valence-corrected chi connectivity index (χ1v) is 4.40. The standard InChI is InChI=1S/C10H18O2/c1-9(6-7-11)4-3-5-10(2)8-12/h5,7,9,12H,3-4,6,8H2,1-2H3/b10-5-. The summed E-state index contributed by atoms with van der Waals surface area (Å²) < 4.78 is 0. The van der Waals surface area contributed by atoms with Gasteiger partial charge in [-0.25, -0.2) is 0 Å². The lowest BCUT2D eigenvalue weighted by atomic mass is 10.0. The summed E-state index contributed by atoms with van der Waals surface area (Å²) in [6.07, 6.45) is 5.62. The fourth-order valence-electron chi connectivity index (χ4n) is 0.961. The molecule has 0 bridgehead atoms. The van der Waals surface area contributed by atoms with E-state index in [0.29, 0.717) is 12.3 Å². The van der Waals surface area contributed by atoms with Crippen molar-refractivity contribution in [1.29, 1.82) is 0 Å². The molecule has 1 atom stereocenters. The molecular formula is C10H18O2. The van der Waals surface area contributed by atoms with Crippen LogP contribution in [0.4, 0.5) is 0 Å². The minimum absolute atomic E-state index is 0.141. The number of carbonyl (C=O) groups is 1. The third-order valence-electron chi connectivity index (χ3n) is 1.90. The molecule has 0 spiro atoms. The first kappa shape index (κ1) is 11.4. The molecular weight excluding hydrogens is 152 g/mol. The molecule has 0 saturated carbocycles. The number of hydrogen-bond acceptors (Lipinski definition) is 2. The van der Waals surface area contributed by atoms with Crippen molar-refractivity contribution >= 4 is 6.29 Å². The van der Waals surface area contributed by atoms with Crippen molar-refractivity contribution in [1.82, 2.24) is 0 Å². The lowest BCUT2D eigenvalue weighted by molar-refractivity contribution is -0.108. The average Bonchev–Trinajstić information content (AvgIpc) is 2.04. The van der Waals surface area contributed by atoms with Gasteiger partial charge in [-0.3, -0.25) is 0 Å². The fraction of sp³-hybridized carbons (Fsp3) is 0.700. The van der Waals surface area contributed by atoms with Gasteiger partial charge >= 0.3 is 0 Å². The van der Waals surface area contributed by atoms with Gasteiger partial charge in [0.05, 0.1) is 6.61 Å². The zero-order valence-corrected chi connectivity index (χ0v) is 7.92. The number of aliphatic hydroxyl groups excluding tert-OH is 1. The Morgan fingerprint density at radius 2 is 2.25 bits per heavy atom. The molecule has 0 fully saturated rings. The number of hydrogen-bond donors (Lipinski definition) is 1. The maximum Gasteiger partial charge on any atom is 0.120 e. The van der Waals surface area contributed by atoms with Crippen LogP contribution >= 0.6 is 0 Å². The highest BCUT2D eigenvalue weighted by atomic mass is 16.3. The van der Waals surface area contributed by atoms with E-state index in [-0.39, 0.29) is 6.61 Å². The zero-order valence-electron chi connectivity index (χ0n) is 7.92. The van der Waals surface area contributed by atoms with E-state index < -0.39 is 0 Å². The van der Waals surface area contributed by atoms with Crippen LogP contribution in [0.5, 0.6) is 0 Å². The van der Waals surface area contributed by atoms with Gasteiger partial charge in [-0.15, -0.1) is 0 Å². The molecule has 2 nitrogen and oxygen atoms in total. The molecule has 0 aromatic carbocycles. The second kappa shape index (κ2) is 7.04. The van der Waals surface area contributed by atoms with Crippen LogP contribution in [-0.2, 0) is 4.79 Å². The molecule has 0 radical (unpaired) electrons. The molecule has 2 heteroatoms. The van der Waals surface area contributed by atoms with Crippen molar-refractivity contribution in [3.8, 4) is 0 Å². The van der Waals surface area contributed by atoms with Gasteiger partial charge in [0, 0.05) is 6.42 Å². The van der Waals surface area contributed by atoms with Crippen LogP contribution in [0.15, 0.2) is 11.6 Å². The molecule has 0 aliphatic heterocycles. The molecule has 0 aliphatic carbocycles. The van der Waals surface area contributed by atoms with Crippen molar-refractivity contribution in [3.05, 3.63) is 11.6 Å². The summed E-state index contributed by atoms with van der Waals surface area (Å²) in [6.45, 7) is 4.11. The lowest BCUT2D eigenvalue weighted by Gasteiger charge is -2.04. The number of aliphatic hydroxyl groups is 1. The van der Waals surface area contributed by atoms with E-state index in [4.69, 9.17) is 5.11 Å². The first-order valence-electron chi connectivity index (χ1n) is 4.40. The van der Waals surface area contributed by atoms with Gasteiger partial charge in [0.15, 0.2) is 0 Å². The summed E-state index contributed by atoms with van der Waals surface area (Å²) in [5, 5.41) is 8.68. The highest BCUT2D eigenvalue weighted by Crippen LogP contribution is 2.09. The Morgan fingerprint density at radius 3 is 2.75 bits per heavy atom. The van der Waals surface area contributed by atoms with Gasteiger partial charge in [0.2, 0.25) is 0 Å². The van der Waals surface area contributed by atoms with Gasteiger partial charge in [0.1, 0.15) is 6.29 Å². The van der Waals surface area contributed by atoms with Crippen molar-refractivity contribution in [2.45, 2.75) is 33.1 Å². The fourth-order valence-corrected chi connectivity index (χ4v) is 0.961. The minimum atomic E-state index is 0.141. The van der Waals surface area contributed by atoms with E-state index in [1.54, 1.807) is 0 Å². The SMILES string of the molecule is C/C(=C/CCC(C)CC=O)CO. The Kier molecular flexibility index (Phi) is 6.67. The highest BCUT2D eigenvalue weighted by molar-refractivity contribution is 5.49. The Balaban J connectivity index is 3.47. The summed E-state index contributed by atoms with van der Waals surface area (Å²) in [7, 11) is 0. The molecule has 1 N–H and O–H groups in total. The van der Waals surface area contributed by atoms with Gasteiger partial charge in [-0.05, 0) is 25.7 Å². The van der Waals surface area contributed by atoms with Crippen LogP contribution in [0.3, 0.4) is 0 Å². The molecule has 0 aromatic rings. The predicted molar refractivity (Wildman–Crippen MR) is 49.9 cm³/mol. The molecule has 0 heterocycles. The van der Waals surface area contributed by atoms with E-state index >= 15 is 0 Å². The topological polar surface area (TPSA) is 37.3 Å². The van der Waals surface area contributed by atoms with E-state index in [2.05, 4.69) is 6.92 Å². The molecule has 0 aromatic heterocycles. The Labute approximate surface area is 74.3 Å². The van der Waals surface area contributed by atoms with Gasteiger partial charge in [0.25, 0.3) is 0 Å². The quantitative estimate of drug-likeness (QED) is 0.488. The van der Waals surface area contributed by atoms with Crippen LogP contribution in [0, 0.1) is 5.92 Å². The second-order valence-electron chi connectivity index (χ2n) is 3.29. The summed E-state index contributed by atoms with van der Waals surface area (Å²) >= 11 is 0. The van der Waals surface area contributed by atoms with Crippen molar-refractivity contribution in [3.63, 3.8) is 0 Å². The van der Waals surface area contributed by atoms with Crippen LogP contribution in [0.25, 0.3) is 0 Å². The van der Waals surface area contributed by atoms with Gasteiger partial charge < -0.3 is 9.90 Å². The van der Waals surface area contributed by atoms with Crippen LogP contribution in [-0.4, -0.2) is 18.0 Å². The summed E-state index contributed by atoms with van der Waals surface area (Å²) in [5.74, 6) is 0.463. The molecule has 12 heavy (non-hydrogen) atoms. The average molecular weight is 170 g/mol. The zero-order chi connectivity index (χ0) is 9.40. The molecule has 0 amide bonds. The van der Waals surface area contributed by atoms with E-state index in [1.165, 1.54) is 0 Å². The molecule has 0 saturated heterocycles. The van der Waals surface area contributed by atoms with Crippen LogP contribution in [0.2, 0.25) is 0 Å². The Hall–Kier alpha value is -0.630. The van der Waals surface area contributed by atoms with Gasteiger partial charge in [-0.2, -0.15) is 0 Å². The van der Waals surface area contributed by atoms with Crippen molar-refractivity contribution < 1.29 is 9.90 Å². The summed E-state index contributed by atoms with van der Waals surface area (Å²) in [5.41, 5.74) is 1.01. The lowest BCUT2D eigenvalue weighted by Crippen LogP contribution is -1.94. The van der Waals surface area contributed by atoms with Gasteiger partial charge in [-0.1, -0.05) is 18.6 Å². The molecule has 0 rings (SSSR count). The number of rotatable bonds is 6. The normalized spacial score (nSPS) is 14.4. The predicted octanol–water partition coefficient (Wildman–Crippen LogP) is 1.93. The second-order valence-corrected chi connectivity index (χ2v) is 3.29. The van der Waals surface area contributed by atoms with Crippen molar-refractivity contribution in [2.75, 3.05) is 6.61 Å². The first-order chi connectivity index (χ1) is 5.70. The van der Waals surface area contributed by atoms with E-state index in [1.807, 2.05) is 13.0 Å². The molecule has 0 aliphatic rings. The maximum absolute atomic E-state index is 10.1. The maximum atomic E-state index is 10.1. The third-order valence-corrected chi connectivity index (χ3v) is 1.90. The van der Waals surface area contributed by atoms with E-state index in [0.717, 1.165) is 24.7 Å². The summed E-state index contributed by atoms with van der Waals surface area (Å²) in [6, 6.07) is 0. The summed E-state index contributed by atoms with van der Waals surface area (Å²) in [4.78, 5) is 10.1. The Bertz CT molecular complexity index is 150. The third kappa shape index (κ3) is 6.10. The van der Waals surface area contributed by atoms with Crippen LogP contribution in [0.1, 0.15) is 33.1 Å². The monoisotopic (exact) mass is 170 g/mol. The van der Waals surface area contributed by atoms with Crippen molar-refractivity contribution in [2.24, 2.45) is 5.92 Å². The molecule has 1 unspecified atom stereocenters. The largest absolute Gasteiger partial charge is 0.392 e. The minimum Gasteiger partial charge on any atom is -0.392 e. The van der Waals surface area contributed by atoms with E-state index in [9.17, 15) is 4.79 Å². The Morgan fingerprint density at radius 1 is 1.58 bits per heavy atom. The molecule has 70 valence electrons. The number of allylic oxidation sites excluding steroid dienone is 1. The number of aldehydes is 1. The highest BCUT2D eigenvalue weighted by Gasteiger charge is 1.98. The number of carbonyl (C=O) groups excluding carboxylic acids is 1. The smallest absolute Gasteiger partial charge is 0.120 e.